The lowest BCUT2D eigenvalue weighted by atomic mass is 9.76. The Bertz CT molecular complexity index is 328. The van der Waals surface area contributed by atoms with Crippen molar-refractivity contribution in [3.8, 4) is 0 Å². The van der Waals surface area contributed by atoms with Crippen molar-refractivity contribution in [1.82, 2.24) is 10.3 Å². The number of hydrogen-bond acceptors (Lipinski definition) is 4. The minimum absolute atomic E-state index is 0.128. The van der Waals surface area contributed by atoms with Crippen LogP contribution in [-0.2, 0) is 11.2 Å². The molecule has 0 saturated carbocycles. The molecular weight excluding hydrogens is 208 g/mol. The zero-order valence-electron chi connectivity index (χ0n) is 8.95. The molecule has 0 unspecified atom stereocenters. The van der Waals surface area contributed by atoms with E-state index in [1.807, 2.05) is 5.38 Å². The fourth-order valence-corrected chi connectivity index (χ4v) is 2.56. The first kappa shape index (κ1) is 10.8. The summed E-state index contributed by atoms with van der Waals surface area (Å²) in [5.41, 5.74) is -0.128. The predicted octanol–water partition coefficient (Wildman–Crippen LogP) is 1.64. The molecule has 0 aromatic carbocycles. The summed E-state index contributed by atoms with van der Waals surface area (Å²) in [5, 5.41) is 6.16. The number of carbonyl (C=O) groups is 1. The number of Topliss-reactive ketones (excluding diaryl/α,β-unsaturated/α-hetero) is 1. The van der Waals surface area contributed by atoms with Crippen molar-refractivity contribution in [2.24, 2.45) is 5.41 Å². The molecule has 0 radical (unpaired) electrons. The van der Waals surface area contributed by atoms with Crippen LogP contribution < -0.4 is 5.32 Å². The highest BCUT2D eigenvalue weighted by atomic mass is 32.1. The first-order valence-corrected chi connectivity index (χ1v) is 6.21. The molecule has 4 heteroatoms. The fourth-order valence-electron chi connectivity index (χ4n) is 1.95. The van der Waals surface area contributed by atoms with Crippen LogP contribution in [0.4, 0.5) is 0 Å². The van der Waals surface area contributed by atoms with Gasteiger partial charge in [-0.15, -0.1) is 11.3 Å². The van der Waals surface area contributed by atoms with Gasteiger partial charge in [-0.25, -0.2) is 4.98 Å². The largest absolute Gasteiger partial charge is 0.317 e. The van der Waals surface area contributed by atoms with Crippen LogP contribution >= 0.6 is 11.3 Å². The number of thiazole rings is 1. The Labute approximate surface area is 93.9 Å². The van der Waals surface area contributed by atoms with Gasteiger partial charge in [0.05, 0.1) is 11.4 Å². The molecule has 1 fully saturated rings. The molecule has 1 aliphatic rings. The average Bonchev–Trinajstić information content (AvgIpc) is 2.71. The molecule has 0 bridgehead atoms. The zero-order valence-corrected chi connectivity index (χ0v) is 9.77. The minimum Gasteiger partial charge on any atom is -0.317 e. The molecule has 82 valence electrons. The van der Waals surface area contributed by atoms with E-state index in [0.717, 1.165) is 30.9 Å². The summed E-state index contributed by atoms with van der Waals surface area (Å²) in [7, 11) is 0. The number of rotatable bonds is 3. The van der Waals surface area contributed by atoms with E-state index in [9.17, 15) is 4.79 Å². The summed E-state index contributed by atoms with van der Waals surface area (Å²) in [5.74, 6) is 0.346. The van der Waals surface area contributed by atoms with Crippen LogP contribution in [0.1, 0.15) is 24.8 Å². The normalized spacial score (nSPS) is 20.1. The van der Waals surface area contributed by atoms with E-state index in [1.165, 1.54) is 0 Å². The van der Waals surface area contributed by atoms with E-state index >= 15 is 0 Å². The van der Waals surface area contributed by atoms with E-state index < -0.39 is 0 Å². The molecule has 1 saturated heterocycles. The molecule has 1 aromatic rings. The number of nitrogens with one attached hydrogen (secondary N) is 1. The van der Waals surface area contributed by atoms with Crippen molar-refractivity contribution in [2.45, 2.75) is 26.2 Å². The molecule has 2 heterocycles. The lowest BCUT2D eigenvalue weighted by molar-refractivity contribution is -0.128. The summed E-state index contributed by atoms with van der Waals surface area (Å²) >= 11 is 1.57. The Balaban J connectivity index is 2.00. The third-order valence-corrected chi connectivity index (χ3v) is 3.96. The Morgan fingerprint density at radius 3 is 2.93 bits per heavy atom. The van der Waals surface area contributed by atoms with Gasteiger partial charge in [0.15, 0.2) is 0 Å². The molecule has 0 spiro atoms. The van der Waals surface area contributed by atoms with Gasteiger partial charge < -0.3 is 5.32 Å². The maximum atomic E-state index is 12.1. The Hall–Kier alpha value is -0.740. The fraction of sp³-hybridized carbons (Fsp3) is 0.636. The van der Waals surface area contributed by atoms with E-state index in [2.05, 4.69) is 17.2 Å². The molecule has 2 rings (SSSR count). The van der Waals surface area contributed by atoms with E-state index in [0.29, 0.717) is 12.2 Å². The van der Waals surface area contributed by atoms with Crippen molar-refractivity contribution in [3.63, 3.8) is 0 Å². The lowest BCUT2D eigenvalue weighted by Crippen LogP contribution is -2.40. The molecule has 0 amide bonds. The van der Waals surface area contributed by atoms with Crippen molar-refractivity contribution < 1.29 is 4.79 Å². The van der Waals surface area contributed by atoms with Gasteiger partial charge in [0.25, 0.3) is 0 Å². The van der Waals surface area contributed by atoms with Gasteiger partial charge in [0, 0.05) is 17.0 Å². The van der Waals surface area contributed by atoms with Crippen LogP contribution in [0.15, 0.2) is 11.6 Å². The number of carbonyl (C=O) groups excluding carboxylic acids is 1. The van der Waals surface area contributed by atoms with Gasteiger partial charge in [0.1, 0.15) is 5.78 Å². The quantitative estimate of drug-likeness (QED) is 0.848. The first-order chi connectivity index (χ1) is 7.21. The van der Waals surface area contributed by atoms with Crippen molar-refractivity contribution >= 4 is 17.1 Å². The van der Waals surface area contributed by atoms with Gasteiger partial charge in [-0.2, -0.15) is 0 Å². The summed E-state index contributed by atoms with van der Waals surface area (Å²) in [6.45, 7) is 4.00. The van der Waals surface area contributed by atoms with Crippen molar-refractivity contribution in [3.05, 3.63) is 16.6 Å². The molecule has 1 aliphatic heterocycles. The summed E-state index contributed by atoms with van der Waals surface area (Å²) in [4.78, 5) is 16.3. The average molecular weight is 224 g/mol. The standard InChI is InChI=1S/C11H16N2OS/c1-11(2-4-12-5-3-11)9(14)8-10-13-6-7-15-10/h6-7,12H,2-5,8H2,1H3. The van der Waals surface area contributed by atoms with Crippen LogP contribution in [-0.4, -0.2) is 23.9 Å². The topological polar surface area (TPSA) is 42.0 Å². The Morgan fingerprint density at radius 2 is 2.33 bits per heavy atom. The summed E-state index contributed by atoms with van der Waals surface area (Å²) < 4.78 is 0. The van der Waals surface area contributed by atoms with Gasteiger partial charge in [-0.3, -0.25) is 4.79 Å². The molecule has 1 aromatic heterocycles. The number of hydrogen-bond donors (Lipinski definition) is 1. The maximum Gasteiger partial charge on any atom is 0.145 e. The molecule has 0 aliphatic carbocycles. The maximum absolute atomic E-state index is 12.1. The van der Waals surface area contributed by atoms with Crippen LogP contribution in [0.5, 0.6) is 0 Å². The molecule has 1 N–H and O–H groups in total. The minimum atomic E-state index is -0.128. The van der Waals surface area contributed by atoms with Crippen molar-refractivity contribution in [2.75, 3.05) is 13.1 Å². The van der Waals surface area contributed by atoms with Gasteiger partial charge in [0.2, 0.25) is 0 Å². The second-order valence-electron chi connectivity index (χ2n) is 4.34. The van der Waals surface area contributed by atoms with Gasteiger partial charge in [-0.1, -0.05) is 6.92 Å². The third kappa shape index (κ3) is 2.44. The number of nitrogens with zero attached hydrogens (tertiary/aromatic N) is 1. The van der Waals surface area contributed by atoms with E-state index in [4.69, 9.17) is 0 Å². The van der Waals surface area contributed by atoms with E-state index in [-0.39, 0.29) is 5.41 Å². The van der Waals surface area contributed by atoms with Crippen LogP contribution in [0.2, 0.25) is 0 Å². The lowest BCUT2D eigenvalue weighted by Gasteiger charge is -2.32. The highest BCUT2D eigenvalue weighted by molar-refractivity contribution is 7.09. The number of aromatic nitrogens is 1. The van der Waals surface area contributed by atoms with Crippen LogP contribution in [0, 0.1) is 5.41 Å². The molecule has 15 heavy (non-hydrogen) atoms. The van der Waals surface area contributed by atoms with E-state index in [1.54, 1.807) is 17.5 Å². The van der Waals surface area contributed by atoms with Crippen LogP contribution in [0.25, 0.3) is 0 Å². The Kier molecular flexibility index (Phi) is 3.17. The van der Waals surface area contributed by atoms with Gasteiger partial charge >= 0.3 is 0 Å². The summed E-state index contributed by atoms with van der Waals surface area (Å²) in [6, 6.07) is 0. The first-order valence-electron chi connectivity index (χ1n) is 5.33. The van der Waals surface area contributed by atoms with Gasteiger partial charge in [-0.05, 0) is 25.9 Å². The van der Waals surface area contributed by atoms with Crippen molar-refractivity contribution in [1.29, 1.82) is 0 Å². The second kappa shape index (κ2) is 4.41. The van der Waals surface area contributed by atoms with Crippen LogP contribution in [0.3, 0.4) is 0 Å². The second-order valence-corrected chi connectivity index (χ2v) is 5.32. The third-order valence-electron chi connectivity index (χ3n) is 3.18. The predicted molar refractivity (Wildman–Crippen MR) is 61.0 cm³/mol. The molecular formula is C11H16N2OS. The monoisotopic (exact) mass is 224 g/mol. The molecule has 3 nitrogen and oxygen atoms in total. The zero-order chi connectivity index (χ0) is 10.7. The highest BCUT2D eigenvalue weighted by Crippen LogP contribution is 2.30. The SMILES string of the molecule is CC1(C(=O)Cc2nccs2)CCNCC1. The number of ketones is 1. The smallest absolute Gasteiger partial charge is 0.145 e. The molecule has 0 atom stereocenters. The summed E-state index contributed by atoms with van der Waals surface area (Å²) in [6.07, 6.45) is 4.18. The Morgan fingerprint density at radius 1 is 1.60 bits per heavy atom. The number of piperidine rings is 1. The highest BCUT2D eigenvalue weighted by Gasteiger charge is 2.34.